The van der Waals surface area contributed by atoms with Crippen molar-refractivity contribution in [2.45, 2.75) is 45.4 Å². The normalized spacial score (nSPS) is 16.6. The van der Waals surface area contributed by atoms with Crippen LogP contribution < -0.4 is 5.32 Å². The Labute approximate surface area is 151 Å². The van der Waals surface area contributed by atoms with Crippen molar-refractivity contribution in [2.75, 3.05) is 19.6 Å². The van der Waals surface area contributed by atoms with Crippen molar-refractivity contribution in [1.29, 1.82) is 0 Å². The third-order valence-corrected chi connectivity index (χ3v) is 7.31. The molecule has 0 radical (unpaired) electrons. The number of sulfonamides is 1. The zero-order chi connectivity index (χ0) is 18.8. The van der Waals surface area contributed by atoms with Gasteiger partial charge < -0.3 is 5.32 Å². The third-order valence-electron chi connectivity index (χ3n) is 5.14. The van der Waals surface area contributed by atoms with E-state index in [9.17, 15) is 13.2 Å². The summed E-state index contributed by atoms with van der Waals surface area (Å²) < 4.78 is 27.9. The third kappa shape index (κ3) is 3.96. The van der Waals surface area contributed by atoms with Crippen LogP contribution in [0.5, 0.6) is 0 Å². The van der Waals surface area contributed by atoms with E-state index in [0.29, 0.717) is 37.4 Å². The number of carbonyl (C=O) groups is 1. The van der Waals surface area contributed by atoms with Gasteiger partial charge in [0.1, 0.15) is 0 Å². The molecule has 0 aromatic heterocycles. The van der Waals surface area contributed by atoms with Gasteiger partial charge in [-0.15, -0.1) is 6.58 Å². The highest BCUT2D eigenvalue weighted by molar-refractivity contribution is 7.89. The molecule has 5 nitrogen and oxygen atoms in total. The molecule has 0 aliphatic carbocycles. The molecule has 0 saturated carbocycles. The average Bonchev–Trinajstić information content (AvgIpc) is 2.58. The van der Waals surface area contributed by atoms with Crippen molar-refractivity contribution in [3.8, 4) is 0 Å². The van der Waals surface area contributed by atoms with Crippen LogP contribution in [0.4, 0.5) is 0 Å². The molecule has 1 heterocycles. The van der Waals surface area contributed by atoms with Crippen LogP contribution in [0.2, 0.25) is 0 Å². The minimum absolute atomic E-state index is 0.0179. The smallest absolute Gasteiger partial charge is 0.243 e. The van der Waals surface area contributed by atoms with Crippen molar-refractivity contribution >= 4 is 15.9 Å². The van der Waals surface area contributed by atoms with E-state index in [-0.39, 0.29) is 11.8 Å². The number of carbonyl (C=O) groups excluding carboxylic acids is 1. The molecule has 0 spiro atoms. The Morgan fingerprint density at radius 1 is 1.20 bits per heavy atom. The lowest BCUT2D eigenvalue weighted by molar-refractivity contribution is -0.125. The summed E-state index contributed by atoms with van der Waals surface area (Å²) in [7, 11) is -3.55. The molecule has 0 bridgehead atoms. The molecule has 1 aliphatic heterocycles. The van der Waals surface area contributed by atoms with Gasteiger partial charge in [0.15, 0.2) is 0 Å². The average molecular weight is 365 g/mol. The number of aryl methyl sites for hydroxylation is 2. The maximum absolute atomic E-state index is 13.2. The number of hydrogen-bond donors (Lipinski definition) is 1. The van der Waals surface area contributed by atoms with Gasteiger partial charge in [0.2, 0.25) is 15.9 Å². The van der Waals surface area contributed by atoms with Crippen LogP contribution in [0.1, 0.15) is 35.1 Å². The summed E-state index contributed by atoms with van der Waals surface area (Å²) in [5.41, 5.74) is 3.60. The molecule has 1 aromatic carbocycles. The quantitative estimate of drug-likeness (QED) is 0.817. The van der Waals surface area contributed by atoms with Gasteiger partial charge >= 0.3 is 0 Å². The number of nitrogens with one attached hydrogen (secondary N) is 1. The van der Waals surface area contributed by atoms with Crippen LogP contribution in [0.25, 0.3) is 0 Å². The molecule has 1 N–H and O–H groups in total. The van der Waals surface area contributed by atoms with Gasteiger partial charge in [-0.05, 0) is 62.8 Å². The Kier molecular flexibility index (Phi) is 6.06. The molecule has 2 rings (SSSR count). The molecule has 1 amide bonds. The fourth-order valence-corrected chi connectivity index (χ4v) is 5.42. The minimum atomic E-state index is -3.55. The number of rotatable bonds is 5. The molecule has 1 aliphatic rings. The fourth-order valence-electron chi connectivity index (χ4n) is 3.37. The van der Waals surface area contributed by atoms with Gasteiger partial charge in [0, 0.05) is 25.6 Å². The van der Waals surface area contributed by atoms with Crippen LogP contribution in [0.15, 0.2) is 23.6 Å². The van der Waals surface area contributed by atoms with E-state index in [1.165, 1.54) is 4.31 Å². The topological polar surface area (TPSA) is 66.5 Å². The number of nitrogens with zero attached hydrogens (tertiary/aromatic N) is 1. The highest BCUT2D eigenvalue weighted by Crippen LogP contribution is 2.31. The largest absolute Gasteiger partial charge is 0.352 e. The lowest BCUT2D eigenvalue weighted by atomic mass is 9.97. The van der Waals surface area contributed by atoms with Crippen LogP contribution in [-0.4, -0.2) is 38.3 Å². The van der Waals surface area contributed by atoms with Gasteiger partial charge in [-0.25, -0.2) is 8.42 Å². The van der Waals surface area contributed by atoms with Crippen LogP contribution in [-0.2, 0) is 14.8 Å². The summed E-state index contributed by atoms with van der Waals surface area (Å²) in [6.07, 6.45) is 2.74. The SMILES string of the molecule is C=CCNC(=O)C1CCN(S(=O)(=O)c2c(C)c(C)cc(C)c2C)CC1. The summed E-state index contributed by atoms with van der Waals surface area (Å²) in [6, 6.07) is 2.03. The first kappa shape index (κ1) is 19.7. The Balaban J connectivity index is 2.21. The van der Waals surface area contributed by atoms with Crippen LogP contribution in [0, 0.1) is 33.6 Å². The predicted molar refractivity (Wildman–Crippen MR) is 100 cm³/mol. The van der Waals surface area contributed by atoms with Crippen molar-refractivity contribution < 1.29 is 13.2 Å². The Morgan fingerprint density at radius 2 is 1.72 bits per heavy atom. The summed E-state index contributed by atoms with van der Waals surface area (Å²) in [4.78, 5) is 12.5. The van der Waals surface area contributed by atoms with E-state index in [1.807, 2.05) is 33.8 Å². The zero-order valence-electron chi connectivity index (χ0n) is 15.6. The number of benzene rings is 1. The van der Waals surface area contributed by atoms with Crippen LogP contribution >= 0.6 is 0 Å². The molecule has 25 heavy (non-hydrogen) atoms. The second-order valence-electron chi connectivity index (χ2n) is 6.80. The molecule has 1 aromatic rings. The highest BCUT2D eigenvalue weighted by Gasteiger charge is 2.34. The van der Waals surface area contributed by atoms with E-state index in [4.69, 9.17) is 0 Å². The molecule has 138 valence electrons. The van der Waals surface area contributed by atoms with E-state index < -0.39 is 10.0 Å². The monoisotopic (exact) mass is 364 g/mol. The van der Waals surface area contributed by atoms with Crippen molar-refractivity contribution in [1.82, 2.24) is 9.62 Å². The van der Waals surface area contributed by atoms with Crippen molar-refractivity contribution in [2.24, 2.45) is 5.92 Å². The Hall–Kier alpha value is -1.66. The maximum atomic E-state index is 13.2. The first-order chi connectivity index (χ1) is 11.7. The van der Waals surface area contributed by atoms with Gasteiger partial charge in [0.05, 0.1) is 4.90 Å². The Morgan fingerprint density at radius 3 is 2.20 bits per heavy atom. The standard InChI is InChI=1S/C19H28N2O3S/c1-6-9-20-19(22)17-7-10-21(11-8-17)25(23,24)18-15(4)13(2)12-14(3)16(18)5/h6,12,17H,1,7-11H2,2-5H3,(H,20,22). The molecule has 1 fully saturated rings. The lowest BCUT2D eigenvalue weighted by Crippen LogP contribution is -2.43. The molecular formula is C19H28N2O3S. The number of amides is 1. The summed E-state index contributed by atoms with van der Waals surface area (Å²) in [6.45, 7) is 12.4. The van der Waals surface area contributed by atoms with Gasteiger partial charge in [0.25, 0.3) is 0 Å². The van der Waals surface area contributed by atoms with Crippen molar-refractivity contribution in [3.05, 3.63) is 41.0 Å². The van der Waals surface area contributed by atoms with E-state index >= 15 is 0 Å². The van der Waals surface area contributed by atoms with Crippen molar-refractivity contribution in [3.63, 3.8) is 0 Å². The van der Waals surface area contributed by atoms with Gasteiger partial charge in [-0.3, -0.25) is 4.79 Å². The highest BCUT2D eigenvalue weighted by atomic mass is 32.2. The van der Waals surface area contributed by atoms with Gasteiger partial charge in [-0.2, -0.15) is 4.31 Å². The molecule has 0 unspecified atom stereocenters. The maximum Gasteiger partial charge on any atom is 0.243 e. The zero-order valence-corrected chi connectivity index (χ0v) is 16.4. The van der Waals surface area contributed by atoms with Crippen LogP contribution in [0.3, 0.4) is 0 Å². The molecule has 0 atom stereocenters. The predicted octanol–water partition coefficient (Wildman–Crippen LogP) is 2.62. The summed E-state index contributed by atoms with van der Waals surface area (Å²) in [5, 5.41) is 2.80. The first-order valence-corrected chi connectivity index (χ1v) is 10.1. The second-order valence-corrected chi connectivity index (χ2v) is 8.68. The number of piperidine rings is 1. The molecular weight excluding hydrogens is 336 g/mol. The van der Waals surface area contributed by atoms with Gasteiger partial charge in [-0.1, -0.05) is 12.1 Å². The molecule has 1 saturated heterocycles. The van der Waals surface area contributed by atoms with E-state index in [0.717, 1.165) is 22.3 Å². The summed E-state index contributed by atoms with van der Waals surface area (Å²) >= 11 is 0. The summed E-state index contributed by atoms with van der Waals surface area (Å²) in [5.74, 6) is -0.149. The fraction of sp³-hybridized carbons (Fsp3) is 0.526. The number of hydrogen-bond acceptors (Lipinski definition) is 3. The second kappa shape index (κ2) is 7.70. The first-order valence-electron chi connectivity index (χ1n) is 8.66. The lowest BCUT2D eigenvalue weighted by Gasteiger charge is -2.31. The Bertz CT molecular complexity index is 750. The minimum Gasteiger partial charge on any atom is -0.352 e. The molecule has 6 heteroatoms. The van der Waals surface area contributed by atoms with E-state index in [2.05, 4.69) is 11.9 Å². The van der Waals surface area contributed by atoms with E-state index in [1.54, 1.807) is 6.08 Å².